The van der Waals surface area contributed by atoms with Crippen molar-refractivity contribution >= 4 is 28.2 Å². The van der Waals surface area contributed by atoms with Crippen LogP contribution in [-0.2, 0) is 17.9 Å². The quantitative estimate of drug-likeness (QED) is 0.396. The lowest BCUT2D eigenvalue weighted by molar-refractivity contribution is -0.133. The summed E-state index contributed by atoms with van der Waals surface area (Å²) in [7, 11) is 1.83. The van der Waals surface area contributed by atoms with Crippen molar-refractivity contribution in [2.45, 2.75) is 26.1 Å². The number of furan rings is 2. The van der Waals surface area contributed by atoms with E-state index in [4.69, 9.17) is 8.83 Å². The van der Waals surface area contributed by atoms with Crippen LogP contribution in [0.2, 0.25) is 0 Å². The molecule has 1 unspecified atom stereocenters. The lowest BCUT2D eigenvalue weighted by atomic mass is 10.2. The first kappa shape index (κ1) is 19.5. The summed E-state index contributed by atoms with van der Waals surface area (Å²) in [4.78, 5) is 18.1. The van der Waals surface area contributed by atoms with Gasteiger partial charge in [-0.15, -0.1) is 11.3 Å². The van der Waals surface area contributed by atoms with Crippen molar-refractivity contribution in [3.63, 3.8) is 0 Å². The number of likely N-dealkylation sites (N-methyl/N-ethyl adjacent to an activating group) is 1. The minimum absolute atomic E-state index is 0.0427. The van der Waals surface area contributed by atoms with Gasteiger partial charge in [0.2, 0.25) is 5.91 Å². The highest BCUT2D eigenvalue weighted by Crippen LogP contribution is 2.27. The molecule has 4 aromatic rings. The first-order valence-electron chi connectivity index (χ1n) is 9.61. The minimum atomic E-state index is -0.151. The summed E-state index contributed by atoms with van der Waals surface area (Å²) in [6, 6.07) is 17.7. The van der Waals surface area contributed by atoms with Crippen LogP contribution in [0.3, 0.4) is 0 Å². The Kier molecular flexibility index (Phi) is 5.83. The molecule has 0 bridgehead atoms. The first-order chi connectivity index (χ1) is 14.1. The number of carbonyl (C=O) groups excluding carboxylic acids is 1. The van der Waals surface area contributed by atoms with Crippen LogP contribution in [0.4, 0.5) is 0 Å². The number of hydrogen-bond donors (Lipinski definition) is 0. The average molecular weight is 409 g/mol. The Morgan fingerprint density at radius 3 is 2.69 bits per heavy atom. The minimum Gasteiger partial charge on any atom is -0.468 e. The maximum atomic E-state index is 13.1. The third-order valence-corrected chi connectivity index (χ3v) is 5.97. The van der Waals surface area contributed by atoms with E-state index in [2.05, 4.69) is 16.3 Å². The standard InChI is InChI=1S/C23H24N2O3S/c1-17(22-13-18-7-3-4-10-21(18)28-22)24(2)23(26)16-25(14-19-8-5-11-27-19)15-20-9-6-12-29-20/h3-13,17H,14-16H2,1-2H3. The molecule has 3 aromatic heterocycles. The molecule has 0 saturated heterocycles. The van der Waals surface area contributed by atoms with Gasteiger partial charge >= 0.3 is 0 Å². The summed E-state index contributed by atoms with van der Waals surface area (Å²) in [5, 5.41) is 3.10. The highest BCUT2D eigenvalue weighted by atomic mass is 32.1. The smallest absolute Gasteiger partial charge is 0.237 e. The number of rotatable bonds is 8. The molecule has 1 atom stereocenters. The van der Waals surface area contributed by atoms with Gasteiger partial charge in [0.1, 0.15) is 17.1 Å². The molecule has 1 amide bonds. The first-order valence-corrected chi connectivity index (χ1v) is 10.5. The van der Waals surface area contributed by atoms with Gasteiger partial charge in [0.15, 0.2) is 0 Å². The topological polar surface area (TPSA) is 49.8 Å². The Labute approximate surface area is 174 Å². The molecule has 0 aliphatic carbocycles. The lowest BCUT2D eigenvalue weighted by Crippen LogP contribution is -2.38. The van der Waals surface area contributed by atoms with Gasteiger partial charge < -0.3 is 13.7 Å². The molecule has 5 nitrogen and oxygen atoms in total. The molecule has 3 heterocycles. The Morgan fingerprint density at radius 1 is 1.10 bits per heavy atom. The maximum absolute atomic E-state index is 13.1. The molecule has 0 N–H and O–H groups in total. The predicted molar refractivity (Wildman–Crippen MR) is 115 cm³/mol. The molecule has 0 aliphatic rings. The average Bonchev–Trinajstić information content (AvgIpc) is 3.48. The number of fused-ring (bicyclic) bond motifs is 1. The van der Waals surface area contributed by atoms with Crippen LogP contribution in [0.25, 0.3) is 11.0 Å². The third-order valence-electron chi connectivity index (χ3n) is 5.11. The van der Waals surface area contributed by atoms with Gasteiger partial charge in [-0.05, 0) is 42.6 Å². The fraction of sp³-hybridized carbons (Fsp3) is 0.261. The van der Waals surface area contributed by atoms with Gasteiger partial charge in [-0.1, -0.05) is 24.3 Å². The second kappa shape index (κ2) is 8.68. The molecule has 4 rings (SSSR count). The molecular weight excluding hydrogens is 384 g/mol. The van der Waals surface area contributed by atoms with Crippen molar-refractivity contribution in [1.29, 1.82) is 0 Å². The number of thiophene rings is 1. The van der Waals surface area contributed by atoms with Gasteiger partial charge in [-0.3, -0.25) is 9.69 Å². The molecule has 0 aliphatic heterocycles. The molecule has 29 heavy (non-hydrogen) atoms. The van der Waals surface area contributed by atoms with Crippen molar-refractivity contribution in [3.05, 3.63) is 82.6 Å². The van der Waals surface area contributed by atoms with E-state index in [9.17, 15) is 4.79 Å². The van der Waals surface area contributed by atoms with E-state index in [1.54, 1.807) is 22.5 Å². The Bertz CT molecular complexity index is 984. The van der Waals surface area contributed by atoms with Crippen LogP contribution in [0.15, 0.2) is 75.1 Å². The summed E-state index contributed by atoms with van der Waals surface area (Å²) in [5.74, 6) is 1.68. The zero-order chi connectivity index (χ0) is 20.2. The number of carbonyl (C=O) groups is 1. The number of benzene rings is 1. The summed E-state index contributed by atoms with van der Waals surface area (Å²) < 4.78 is 11.5. The molecule has 150 valence electrons. The van der Waals surface area contributed by atoms with E-state index in [-0.39, 0.29) is 11.9 Å². The largest absolute Gasteiger partial charge is 0.468 e. The van der Waals surface area contributed by atoms with E-state index in [0.717, 1.165) is 22.5 Å². The van der Waals surface area contributed by atoms with Crippen molar-refractivity contribution in [1.82, 2.24) is 9.80 Å². The summed E-state index contributed by atoms with van der Waals surface area (Å²) >= 11 is 1.69. The van der Waals surface area contributed by atoms with Gasteiger partial charge in [0, 0.05) is 23.9 Å². The fourth-order valence-electron chi connectivity index (χ4n) is 3.33. The number of amides is 1. The molecular formula is C23H24N2O3S. The summed E-state index contributed by atoms with van der Waals surface area (Å²) in [6.45, 7) is 3.59. The highest BCUT2D eigenvalue weighted by molar-refractivity contribution is 7.09. The van der Waals surface area contributed by atoms with Gasteiger partial charge in [-0.2, -0.15) is 0 Å². The number of nitrogens with zero attached hydrogens (tertiary/aromatic N) is 2. The highest BCUT2D eigenvalue weighted by Gasteiger charge is 2.23. The molecule has 0 fully saturated rings. The van der Waals surface area contributed by atoms with E-state index >= 15 is 0 Å². The zero-order valence-corrected chi connectivity index (χ0v) is 17.4. The van der Waals surface area contributed by atoms with Gasteiger partial charge in [-0.25, -0.2) is 0 Å². The summed E-state index contributed by atoms with van der Waals surface area (Å²) in [5.41, 5.74) is 0.840. The Morgan fingerprint density at radius 2 is 1.97 bits per heavy atom. The fourth-order valence-corrected chi connectivity index (χ4v) is 4.08. The molecule has 0 spiro atoms. The maximum Gasteiger partial charge on any atom is 0.237 e. The van der Waals surface area contributed by atoms with Crippen molar-refractivity contribution < 1.29 is 13.6 Å². The molecule has 1 aromatic carbocycles. The van der Waals surface area contributed by atoms with Crippen LogP contribution >= 0.6 is 11.3 Å². The predicted octanol–water partition coefficient (Wildman–Crippen LogP) is 5.31. The van der Waals surface area contributed by atoms with Crippen molar-refractivity contribution in [2.75, 3.05) is 13.6 Å². The van der Waals surface area contributed by atoms with Crippen LogP contribution in [0.1, 0.15) is 29.4 Å². The number of para-hydroxylation sites is 1. The van der Waals surface area contributed by atoms with E-state index in [0.29, 0.717) is 19.6 Å². The van der Waals surface area contributed by atoms with Crippen molar-refractivity contribution in [2.24, 2.45) is 0 Å². The Balaban J connectivity index is 1.46. The van der Waals surface area contributed by atoms with Crippen LogP contribution in [-0.4, -0.2) is 29.3 Å². The van der Waals surface area contributed by atoms with E-state index in [1.807, 2.05) is 62.5 Å². The molecule has 6 heteroatoms. The lowest BCUT2D eigenvalue weighted by Gasteiger charge is -2.27. The van der Waals surface area contributed by atoms with Crippen LogP contribution < -0.4 is 0 Å². The van der Waals surface area contributed by atoms with Crippen LogP contribution in [0, 0.1) is 0 Å². The third kappa shape index (κ3) is 4.60. The SMILES string of the molecule is CC(c1cc2ccccc2o1)N(C)C(=O)CN(Cc1ccco1)Cc1cccs1. The molecule has 0 saturated carbocycles. The second-order valence-corrected chi connectivity index (χ2v) is 8.20. The van der Waals surface area contributed by atoms with Gasteiger partial charge in [0.05, 0.1) is 25.4 Å². The van der Waals surface area contributed by atoms with Crippen LogP contribution in [0.5, 0.6) is 0 Å². The zero-order valence-electron chi connectivity index (χ0n) is 16.6. The normalized spacial score (nSPS) is 12.5. The summed E-state index contributed by atoms with van der Waals surface area (Å²) in [6.07, 6.45) is 1.66. The van der Waals surface area contributed by atoms with Crippen molar-refractivity contribution in [3.8, 4) is 0 Å². The van der Waals surface area contributed by atoms with Gasteiger partial charge in [0.25, 0.3) is 0 Å². The monoisotopic (exact) mass is 408 g/mol. The van der Waals surface area contributed by atoms with E-state index in [1.165, 1.54) is 4.88 Å². The number of hydrogen-bond acceptors (Lipinski definition) is 5. The Hall–Kier alpha value is -2.83. The second-order valence-electron chi connectivity index (χ2n) is 7.17. The van der Waals surface area contributed by atoms with E-state index < -0.39 is 0 Å². The molecule has 0 radical (unpaired) electrons.